The molecule has 4 nitrogen and oxygen atoms in total. The van der Waals surface area contributed by atoms with Crippen LogP contribution in [0, 0.1) is 46.1 Å². The molecule has 0 radical (unpaired) electrons. The zero-order chi connectivity index (χ0) is 23.5. The molecular formula is C27H34F2N2O2. The Balaban J connectivity index is 1.40. The molecule has 2 amide bonds. The third-order valence-electron chi connectivity index (χ3n) is 9.72. The molecule has 1 heterocycles. The number of fused-ring (bicyclic) bond motifs is 5. The van der Waals surface area contributed by atoms with Gasteiger partial charge < -0.3 is 10.2 Å². The first-order valence-corrected chi connectivity index (χ1v) is 12.5. The lowest BCUT2D eigenvalue weighted by atomic mass is 9.49. The summed E-state index contributed by atoms with van der Waals surface area (Å²) in [7, 11) is 0. The molecule has 6 atom stereocenters. The van der Waals surface area contributed by atoms with Crippen molar-refractivity contribution < 1.29 is 18.4 Å². The first-order chi connectivity index (χ1) is 15.7. The lowest BCUT2D eigenvalue weighted by Gasteiger charge is -2.58. The van der Waals surface area contributed by atoms with E-state index in [-0.39, 0.29) is 34.2 Å². The first kappa shape index (κ1) is 22.5. The van der Waals surface area contributed by atoms with E-state index < -0.39 is 11.6 Å². The Morgan fingerprint density at radius 3 is 2.55 bits per heavy atom. The van der Waals surface area contributed by atoms with E-state index in [4.69, 9.17) is 0 Å². The summed E-state index contributed by atoms with van der Waals surface area (Å²) < 4.78 is 28.3. The number of carbonyl (C=O) groups excluding carboxylic acids is 2. The van der Waals surface area contributed by atoms with E-state index >= 15 is 0 Å². The lowest BCUT2D eigenvalue weighted by molar-refractivity contribution is -0.138. The van der Waals surface area contributed by atoms with Gasteiger partial charge in [0.25, 0.3) is 0 Å². The average Bonchev–Trinajstić information content (AvgIpc) is 3.14. The number of likely N-dealkylation sites (tertiary alicyclic amines) is 1. The maximum absolute atomic E-state index is 14.1. The zero-order valence-electron chi connectivity index (χ0n) is 19.8. The Kier molecular flexibility index (Phi) is 5.41. The number of anilines is 1. The summed E-state index contributed by atoms with van der Waals surface area (Å²) in [4.78, 5) is 27.8. The molecule has 1 N–H and O–H groups in total. The standard InChI is InChI=1S/C27H34F2N2O2/c1-4-31-22-11-8-16-17-9-10-19(25(33)30-24-20(28)6-5-7-21(24)29)26(17,2)14-12-18(16)27(22,3)15-13-23(31)32/h5-7,11,16-19H,4,8-10,12-15H2,1-3H3,(H,30,33)/t16-,17-,18+,19?,26-,27+/m0/s1. The van der Waals surface area contributed by atoms with Gasteiger partial charge in [-0.3, -0.25) is 9.59 Å². The van der Waals surface area contributed by atoms with Crippen LogP contribution in [-0.4, -0.2) is 23.3 Å². The number of allylic oxidation sites excluding steroid dienone is 2. The molecule has 3 aliphatic carbocycles. The van der Waals surface area contributed by atoms with Crippen molar-refractivity contribution in [1.82, 2.24) is 4.90 Å². The van der Waals surface area contributed by atoms with Gasteiger partial charge in [0, 0.05) is 30.0 Å². The molecule has 0 aromatic heterocycles. The van der Waals surface area contributed by atoms with Crippen LogP contribution >= 0.6 is 0 Å². The first-order valence-electron chi connectivity index (χ1n) is 12.5. The predicted molar refractivity (Wildman–Crippen MR) is 123 cm³/mol. The molecule has 178 valence electrons. The maximum atomic E-state index is 14.1. The average molecular weight is 457 g/mol. The van der Waals surface area contributed by atoms with Crippen LogP contribution in [0.2, 0.25) is 0 Å². The fourth-order valence-electron chi connectivity index (χ4n) is 8.05. The van der Waals surface area contributed by atoms with E-state index in [1.165, 1.54) is 23.9 Å². The molecular weight excluding hydrogens is 422 g/mol. The fourth-order valence-corrected chi connectivity index (χ4v) is 8.05. The highest BCUT2D eigenvalue weighted by Gasteiger charge is 2.60. The van der Waals surface area contributed by atoms with E-state index in [1.807, 2.05) is 11.8 Å². The number of benzene rings is 1. The lowest BCUT2D eigenvalue weighted by Crippen LogP contribution is -2.54. The highest BCUT2D eigenvalue weighted by atomic mass is 19.1. The number of hydrogen-bond acceptors (Lipinski definition) is 2. The molecule has 1 unspecified atom stereocenters. The molecule has 6 heteroatoms. The van der Waals surface area contributed by atoms with Gasteiger partial charge in [-0.05, 0) is 80.8 Å². The third kappa shape index (κ3) is 3.27. The number of rotatable bonds is 3. The topological polar surface area (TPSA) is 49.4 Å². The molecule has 1 aliphatic heterocycles. The van der Waals surface area contributed by atoms with Gasteiger partial charge in [0.05, 0.1) is 0 Å². The summed E-state index contributed by atoms with van der Waals surface area (Å²) in [6.45, 7) is 7.32. The van der Waals surface area contributed by atoms with Crippen molar-refractivity contribution in [2.45, 2.75) is 65.7 Å². The SMILES string of the molecule is CCN1C(=O)CC[C@@]2(C)C1=CC[C@@H]1[C@H]2CC[C@]2(C)C(C(=O)Nc3c(F)cccc3F)CC[C@@H]12. The second kappa shape index (κ2) is 7.92. The minimum Gasteiger partial charge on any atom is -0.321 e. The molecule has 4 aliphatic rings. The van der Waals surface area contributed by atoms with Crippen molar-refractivity contribution >= 4 is 17.5 Å². The summed E-state index contributed by atoms with van der Waals surface area (Å²) in [5, 5.41) is 2.58. The van der Waals surface area contributed by atoms with Gasteiger partial charge in [-0.15, -0.1) is 0 Å². The number of nitrogens with one attached hydrogen (secondary N) is 1. The summed E-state index contributed by atoms with van der Waals surface area (Å²) in [5.41, 5.74) is 0.704. The number of piperidine rings is 1. The smallest absolute Gasteiger partial charge is 0.228 e. The van der Waals surface area contributed by atoms with Crippen LogP contribution in [0.1, 0.15) is 65.7 Å². The predicted octanol–water partition coefficient (Wildman–Crippen LogP) is 5.90. The Labute approximate surface area is 194 Å². The fraction of sp³-hybridized carbons (Fsp3) is 0.630. The van der Waals surface area contributed by atoms with Gasteiger partial charge >= 0.3 is 0 Å². The highest BCUT2D eigenvalue weighted by molar-refractivity contribution is 5.93. The summed E-state index contributed by atoms with van der Waals surface area (Å²) in [5.74, 6) is -0.371. The monoisotopic (exact) mass is 456 g/mol. The maximum Gasteiger partial charge on any atom is 0.228 e. The van der Waals surface area contributed by atoms with Gasteiger partial charge in [0.15, 0.2) is 0 Å². The van der Waals surface area contributed by atoms with Gasteiger partial charge in [0.2, 0.25) is 11.8 Å². The van der Waals surface area contributed by atoms with Gasteiger partial charge in [-0.2, -0.15) is 0 Å². The van der Waals surface area contributed by atoms with Crippen molar-refractivity contribution in [1.29, 1.82) is 0 Å². The van der Waals surface area contributed by atoms with Crippen LogP contribution in [0.4, 0.5) is 14.5 Å². The normalized spacial score (nSPS) is 37.7. The van der Waals surface area contributed by atoms with Crippen LogP contribution in [0.3, 0.4) is 0 Å². The molecule has 1 aromatic rings. The van der Waals surface area contributed by atoms with E-state index in [0.717, 1.165) is 38.5 Å². The van der Waals surface area contributed by atoms with Crippen molar-refractivity contribution in [2.24, 2.45) is 34.5 Å². The van der Waals surface area contributed by atoms with Crippen LogP contribution < -0.4 is 5.32 Å². The second-order valence-corrected chi connectivity index (χ2v) is 11.0. The van der Waals surface area contributed by atoms with Crippen LogP contribution in [0.15, 0.2) is 30.0 Å². The summed E-state index contributed by atoms with van der Waals surface area (Å²) in [6, 6.07) is 3.65. The molecule has 3 fully saturated rings. The summed E-state index contributed by atoms with van der Waals surface area (Å²) in [6.07, 6.45) is 8.41. The highest BCUT2D eigenvalue weighted by Crippen LogP contribution is 2.66. The molecule has 5 rings (SSSR count). The molecule has 0 bridgehead atoms. The Bertz CT molecular complexity index is 1000. The number of para-hydroxylation sites is 1. The third-order valence-corrected chi connectivity index (χ3v) is 9.72. The van der Waals surface area contributed by atoms with Crippen LogP contribution in [0.5, 0.6) is 0 Å². The number of nitrogens with zero attached hydrogens (tertiary/aromatic N) is 1. The van der Waals surface area contributed by atoms with E-state index in [2.05, 4.69) is 25.2 Å². The molecule has 0 spiro atoms. The van der Waals surface area contributed by atoms with Crippen molar-refractivity contribution in [3.63, 3.8) is 0 Å². The van der Waals surface area contributed by atoms with E-state index in [9.17, 15) is 18.4 Å². The number of amides is 2. The molecule has 1 saturated heterocycles. The summed E-state index contributed by atoms with van der Waals surface area (Å²) >= 11 is 0. The second-order valence-electron chi connectivity index (χ2n) is 11.0. The Morgan fingerprint density at radius 1 is 1.12 bits per heavy atom. The number of hydrogen-bond donors (Lipinski definition) is 1. The van der Waals surface area contributed by atoms with Crippen LogP contribution in [-0.2, 0) is 9.59 Å². The molecule has 2 saturated carbocycles. The Hall–Kier alpha value is -2.24. The Morgan fingerprint density at radius 2 is 1.85 bits per heavy atom. The van der Waals surface area contributed by atoms with Gasteiger partial charge in [-0.1, -0.05) is 26.0 Å². The van der Waals surface area contributed by atoms with Crippen molar-refractivity contribution in [3.05, 3.63) is 41.6 Å². The largest absolute Gasteiger partial charge is 0.321 e. The zero-order valence-corrected chi connectivity index (χ0v) is 19.8. The van der Waals surface area contributed by atoms with E-state index in [0.29, 0.717) is 30.7 Å². The quantitative estimate of drug-likeness (QED) is 0.616. The van der Waals surface area contributed by atoms with Gasteiger partial charge in [-0.25, -0.2) is 8.78 Å². The number of carbonyl (C=O) groups is 2. The minimum atomic E-state index is -0.739. The van der Waals surface area contributed by atoms with Crippen molar-refractivity contribution in [3.8, 4) is 0 Å². The number of halogens is 2. The van der Waals surface area contributed by atoms with Crippen LogP contribution in [0.25, 0.3) is 0 Å². The van der Waals surface area contributed by atoms with E-state index in [1.54, 1.807) is 0 Å². The molecule has 33 heavy (non-hydrogen) atoms. The minimum absolute atomic E-state index is 0.00477. The van der Waals surface area contributed by atoms with Crippen molar-refractivity contribution in [2.75, 3.05) is 11.9 Å². The van der Waals surface area contributed by atoms with Gasteiger partial charge in [0.1, 0.15) is 17.3 Å². The molecule has 1 aromatic carbocycles.